The maximum atomic E-state index is 11.9. The first-order chi connectivity index (χ1) is 10.7. The molecule has 3 rings (SSSR count). The molecule has 0 unspecified atom stereocenters. The molecule has 0 radical (unpaired) electrons. The Balaban J connectivity index is 1.57. The van der Waals surface area contributed by atoms with Crippen LogP contribution in [0.3, 0.4) is 0 Å². The number of thiophene rings is 1. The van der Waals surface area contributed by atoms with E-state index < -0.39 is 0 Å². The molecule has 22 heavy (non-hydrogen) atoms. The third-order valence-corrected chi connectivity index (χ3v) is 5.11. The molecule has 5 heteroatoms. The van der Waals surface area contributed by atoms with Crippen molar-refractivity contribution in [3.8, 4) is 0 Å². The van der Waals surface area contributed by atoms with Crippen LogP contribution in [0.4, 0.5) is 0 Å². The molecular formula is C17H16N2OS2. The molecule has 2 heterocycles. The number of amides is 1. The van der Waals surface area contributed by atoms with Crippen LogP contribution in [-0.2, 0) is 13.0 Å². The van der Waals surface area contributed by atoms with E-state index in [1.807, 2.05) is 23.7 Å². The molecule has 0 aliphatic heterocycles. The Morgan fingerprint density at radius 2 is 2.05 bits per heavy atom. The van der Waals surface area contributed by atoms with Gasteiger partial charge in [-0.3, -0.25) is 4.79 Å². The number of carbonyl (C=O) groups is 1. The molecule has 112 valence electrons. The quantitative estimate of drug-likeness (QED) is 0.768. The molecule has 0 fully saturated rings. The smallest absolute Gasteiger partial charge is 0.261 e. The number of carbonyl (C=O) groups excluding carboxylic acids is 1. The Morgan fingerprint density at radius 1 is 1.23 bits per heavy atom. The molecule has 3 nitrogen and oxygen atoms in total. The highest BCUT2D eigenvalue weighted by Gasteiger charge is 2.08. The van der Waals surface area contributed by atoms with E-state index in [4.69, 9.17) is 0 Å². The zero-order valence-corrected chi connectivity index (χ0v) is 13.8. The van der Waals surface area contributed by atoms with Crippen LogP contribution in [0.5, 0.6) is 0 Å². The summed E-state index contributed by atoms with van der Waals surface area (Å²) in [7, 11) is 0. The van der Waals surface area contributed by atoms with Crippen LogP contribution < -0.4 is 5.32 Å². The molecule has 0 saturated carbocycles. The zero-order valence-electron chi connectivity index (χ0n) is 12.2. The molecule has 2 aromatic heterocycles. The van der Waals surface area contributed by atoms with Gasteiger partial charge in [0.1, 0.15) is 5.01 Å². The van der Waals surface area contributed by atoms with Crippen LogP contribution in [0.25, 0.3) is 0 Å². The van der Waals surface area contributed by atoms with Gasteiger partial charge < -0.3 is 5.32 Å². The van der Waals surface area contributed by atoms with Crippen LogP contribution in [0.2, 0.25) is 0 Å². The van der Waals surface area contributed by atoms with E-state index in [1.54, 1.807) is 11.3 Å². The van der Waals surface area contributed by atoms with Crippen molar-refractivity contribution in [2.75, 3.05) is 0 Å². The summed E-state index contributed by atoms with van der Waals surface area (Å²) in [5.41, 5.74) is 2.55. The molecule has 0 spiro atoms. The summed E-state index contributed by atoms with van der Waals surface area (Å²) in [5, 5.41) is 5.74. The van der Waals surface area contributed by atoms with E-state index in [2.05, 4.69) is 41.5 Å². The number of aromatic nitrogens is 1. The van der Waals surface area contributed by atoms with Crippen molar-refractivity contribution in [2.45, 2.75) is 19.9 Å². The fourth-order valence-electron chi connectivity index (χ4n) is 2.07. The largest absolute Gasteiger partial charge is 0.345 e. The summed E-state index contributed by atoms with van der Waals surface area (Å²) in [6.45, 7) is 2.57. The molecule has 1 aromatic carbocycles. The number of thiazole rings is 1. The number of hydrogen-bond acceptors (Lipinski definition) is 4. The second kappa shape index (κ2) is 6.85. The SMILES string of the molecule is Cc1ccc(Cc2cnc(CNC(=O)c3cccs3)s2)cc1. The fraction of sp³-hybridized carbons (Fsp3) is 0.176. The normalized spacial score (nSPS) is 10.6. The van der Waals surface area contributed by atoms with Crippen molar-refractivity contribution in [1.29, 1.82) is 0 Å². The predicted octanol–water partition coefficient (Wildman–Crippen LogP) is 4.03. The van der Waals surface area contributed by atoms with Crippen LogP contribution >= 0.6 is 22.7 Å². The van der Waals surface area contributed by atoms with E-state index in [-0.39, 0.29) is 5.91 Å². The summed E-state index contributed by atoms with van der Waals surface area (Å²) in [6.07, 6.45) is 2.79. The molecule has 0 aliphatic rings. The Morgan fingerprint density at radius 3 is 2.77 bits per heavy atom. The lowest BCUT2D eigenvalue weighted by Crippen LogP contribution is -2.21. The fourth-order valence-corrected chi connectivity index (χ4v) is 3.61. The molecule has 0 atom stereocenters. The lowest BCUT2D eigenvalue weighted by Gasteiger charge is -2.00. The first-order valence-corrected chi connectivity index (χ1v) is 8.71. The predicted molar refractivity (Wildman–Crippen MR) is 91.6 cm³/mol. The highest BCUT2D eigenvalue weighted by Crippen LogP contribution is 2.18. The topological polar surface area (TPSA) is 42.0 Å². The summed E-state index contributed by atoms with van der Waals surface area (Å²) < 4.78 is 0. The molecule has 0 aliphatic carbocycles. The van der Waals surface area contributed by atoms with Crippen LogP contribution in [0, 0.1) is 6.92 Å². The molecule has 3 aromatic rings. The van der Waals surface area contributed by atoms with E-state index in [9.17, 15) is 4.79 Å². The van der Waals surface area contributed by atoms with Crippen molar-refractivity contribution in [1.82, 2.24) is 10.3 Å². The number of nitrogens with zero attached hydrogens (tertiary/aromatic N) is 1. The molecule has 1 amide bonds. The Hall–Kier alpha value is -1.98. The minimum Gasteiger partial charge on any atom is -0.345 e. The second-order valence-corrected chi connectivity index (χ2v) is 7.19. The molecular weight excluding hydrogens is 312 g/mol. The van der Waals surface area contributed by atoms with Gasteiger partial charge in [0.2, 0.25) is 0 Å². The minimum absolute atomic E-state index is 0.0368. The van der Waals surface area contributed by atoms with E-state index in [1.165, 1.54) is 27.3 Å². The first-order valence-electron chi connectivity index (χ1n) is 7.01. The third-order valence-electron chi connectivity index (χ3n) is 3.25. The standard InChI is InChI=1S/C17H16N2OS2/c1-12-4-6-13(7-5-12)9-14-10-18-16(22-14)11-19-17(20)15-3-2-8-21-15/h2-8,10H,9,11H2,1H3,(H,19,20). The Labute approximate surface area is 137 Å². The van der Waals surface area contributed by atoms with Gasteiger partial charge in [0.25, 0.3) is 5.91 Å². The monoisotopic (exact) mass is 328 g/mol. The van der Waals surface area contributed by atoms with Crippen molar-refractivity contribution in [3.63, 3.8) is 0 Å². The van der Waals surface area contributed by atoms with Gasteiger partial charge in [-0.2, -0.15) is 0 Å². The highest BCUT2D eigenvalue weighted by molar-refractivity contribution is 7.12. The van der Waals surface area contributed by atoms with Gasteiger partial charge in [0.15, 0.2) is 0 Å². The van der Waals surface area contributed by atoms with Crippen LogP contribution in [0.1, 0.15) is 30.7 Å². The second-order valence-electron chi connectivity index (χ2n) is 5.04. The maximum Gasteiger partial charge on any atom is 0.261 e. The first kappa shape index (κ1) is 14.9. The zero-order chi connectivity index (χ0) is 15.4. The van der Waals surface area contributed by atoms with Gasteiger partial charge in [-0.1, -0.05) is 35.9 Å². The highest BCUT2D eigenvalue weighted by atomic mass is 32.1. The number of benzene rings is 1. The van der Waals surface area contributed by atoms with Crippen LogP contribution in [0.15, 0.2) is 48.0 Å². The minimum atomic E-state index is -0.0368. The number of nitrogens with one attached hydrogen (secondary N) is 1. The number of hydrogen-bond donors (Lipinski definition) is 1. The van der Waals surface area contributed by atoms with Gasteiger partial charge in [-0.05, 0) is 23.9 Å². The molecule has 0 bridgehead atoms. The van der Waals surface area contributed by atoms with Crippen molar-refractivity contribution in [3.05, 3.63) is 73.9 Å². The Kier molecular flexibility index (Phi) is 4.65. The van der Waals surface area contributed by atoms with Crippen molar-refractivity contribution >= 4 is 28.6 Å². The van der Waals surface area contributed by atoms with Gasteiger partial charge in [0, 0.05) is 17.5 Å². The average Bonchev–Trinajstić information content (AvgIpc) is 3.19. The number of rotatable bonds is 5. The lowest BCUT2D eigenvalue weighted by molar-refractivity contribution is 0.0955. The van der Waals surface area contributed by atoms with Crippen molar-refractivity contribution in [2.24, 2.45) is 0 Å². The number of aryl methyl sites for hydroxylation is 1. The van der Waals surface area contributed by atoms with Gasteiger partial charge >= 0.3 is 0 Å². The summed E-state index contributed by atoms with van der Waals surface area (Å²) in [5.74, 6) is -0.0368. The maximum absolute atomic E-state index is 11.9. The van der Waals surface area contributed by atoms with E-state index in [0.29, 0.717) is 6.54 Å². The molecule has 0 saturated heterocycles. The van der Waals surface area contributed by atoms with Gasteiger partial charge in [-0.25, -0.2) is 4.98 Å². The van der Waals surface area contributed by atoms with Crippen molar-refractivity contribution < 1.29 is 4.79 Å². The summed E-state index contributed by atoms with van der Waals surface area (Å²) in [4.78, 5) is 18.2. The third kappa shape index (κ3) is 3.81. The lowest BCUT2D eigenvalue weighted by atomic mass is 10.1. The van der Waals surface area contributed by atoms with Gasteiger partial charge in [0.05, 0.1) is 11.4 Å². The van der Waals surface area contributed by atoms with E-state index in [0.717, 1.165) is 16.3 Å². The van der Waals surface area contributed by atoms with E-state index >= 15 is 0 Å². The summed E-state index contributed by atoms with van der Waals surface area (Å²) >= 11 is 3.09. The summed E-state index contributed by atoms with van der Waals surface area (Å²) in [6, 6.07) is 12.2. The average molecular weight is 328 g/mol. The van der Waals surface area contributed by atoms with Gasteiger partial charge in [-0.15, -0.1) is 22.7 Å². The Bertz CT molecular complexity index is 745. The molecule has 1 N–H and O–H groups in total. The van der Waals surface area contributed by atoms with Crippen LogP contribution in [-0.4, -0.2) is 10.9 Å².